The first-order chi connectivity index (χ1) is 7.58. The van der Waals surface area contributed by atoms with Gasteiger partial charge >= 0.3 is 5.97 Å². The Hall–Kier alpha value is -0.740. The quantitative estimate of drug-likeness (QED) is 0.519. The van der Waals surface area contributed by atoms with Crippen LogP contribution in [0.15, 0.2) is 17.0 Å². The van der Waals surface area contributed by atoms with Crippen LogP contribution < -0.4 is 0 Å². The van der Waals surface area contributed by atoms with Gasteiger partial charge < -0.3 is 4.74 Å². The average Bonchev–Trinajstić information content (AvgIpc) is 2.22. The van der Waals surface area contributed by atoms with Crippen LogP contribution in [-0.4, -0.2) is 12.6 Å². The minimum Gasteiger partial charge on any atom is -0.466 e. The van der Waals surface area contributed by atoms with Crippen LogP contribution in [0.1, 0.15) is 18.1 Å². The maximum Gasteiger partial charge on any atom is 0.310 e. The summed E-state index contributed by atoms with van der Waals surface area (Å²) >= 11 is 6.38. The van der Waals surface area contributed by atoms with Gasteiger partial charge in [-0.1, -0.05) is 0 Å². The molecule has 0 aliphatic carbocycles. The van der Waals surface area contributed by atoms with Crippen molar-refractivity contribution in [2.45, 2.75) is 18.2 Å². The lowest BCUT2D eigenvalue weighted by atomic mass is 10.1. The molecule has 0 saturated carbocycles. The fourth-order valence-electron chi connectivity index (χ4n) is 1.26. The summed E-state index contributed by atoms with van der Waals surface area (Å²) in [6.07, 6.45) is 0.0898. The Morgan fingerprint density at radius 2 is 2.31 bits per heavy atom. The molecule has 0 radical (unpaired) electrons. The van der Waals surface area contributed by atoms with Crippen LogP contribution in [0.5, 0.6) is 0 Å². The predicted octanol–water partition coefficient (Wildman–Crippen LogP) is 2.56. The lowest BCUT2D eigenvalue weighted by Crippen LogP contribution is -2.09. The second kappa shape index (κ2) is 6.11. The molecule has 0 N–H and O–H groups in total. The highest BCUT2D eigenvalue weighted by Gasteiger charge is 2.12. The van der Waals surface area contributed by atoms with E-state index in [0.29, 0.717) is 22.6 Å². The lowest BCUT2D eigenvalue weighted by molar-refractivity contribution is -0.142. The minimum atomic E-state index is -0.337. The van der Waals surface area contributed by atoms with Crippen molar-refractivity contribution in [1.29, 1.82) is 5.26 Å². The molecule has 16 heavy (non-hydrogen) atoms. The van der Waals surface area contributed by atoms with Crippen molar-refractivity contribution in [3.05, 3.63) is 26.8 Å². The normalized spacial score (nSPS) is 9.62. The summed E-state index contributed by atoms with van der Waals surface area (Å²) in [6.45, 7) is 2.09. The molecule has 5 heteroatoms. The molecule has 1 rings (SSSR count). The van der Waals surface area contributed by atoms with Crippen molar-refractivity contribution in [3.63, 3.8) is 0 Å². The summed E-state index contributed by atoms with van der Waals surface area (Å²) in [6, 6.07) is 5.61. The van der Waals surface area contributed by atoms with Crippen molar-refractivity contribution in [1.82, 2.24) is 0 Å². The molecule has 0 atom stereocenters. The van der Waals surface area contributed by atoms with E-state index >= 15 is 0 Å². The van der Waals surface area contributed by atoms with E-state index in [1.807, 2.05) is 6.07 Å². The summed E-state index contributed by atoms with van der Waals surface area (Å²) in [5.41, 5.74) is 1.11. The number of carbonyl (C=O) groups excluding carboxylic acids is 1. The molecule has 0 spiro atoms. The number of thiol groups is 1. The number of halogens is 1. The van der Waals surface area contributed by atoms with Crippen LogP contribution in [0.2, 0.25) is 0 Å². The van der Waals surface area contributed by atoms with E-state index in [1.54, 1.807) is 13.0 Å². The van der Waals surface area contributed by atoms with Gasteiger partial charge in [0.05, 0.1) is 24.7 Å². The lowest BCUT2D eigenvalue weighted by Gasteiger charge is -2.07. The van der Waals surface area contributed by atoms with Gasteiger partial charge in [0.2, 0.25) is 0 Å². The van der Waals surface area contributed by atoms with Crippen molar-refractivity contribution < 1.29 is 9.53 Å². The highest BCUT2D eigenvalue weighted by atomic mass is 127. The number of hydrogen-bond donors (Lipinski definition) is 1. The number of benzene rings is 1. The number of nitrogens with zero attached hydrogens (tertiary/aromatic N) is 1. The molecule has 0 fully saturated rings. The maximum atomic E-state index is 11.4. The first kappa shape index (κ1) is 13.3. The first-order valence-corrected chi connectivity index (χ1v) is 6.18. The Labute approximate surface area is 113 Å². The van der Waals surface area contributed by atoms with E-state index in [9.17, 15) is 4.79 Å². The van der Waals surface area contributed by atoms with Gasteiger partial charge in [-0.15, -0.1) is 12.6 Å². The van der Waals surface area contributed by atoms with E-state index in [2.05, 4.69) is 41.3 Å². The Morgan fingerprint density at radius 1 is 1.62 bits per heavy atom. The number of carbonyl (C=O) groups is 1. The van der Waals surface area contributed by atoms with Crippen molar-refractivity contribution >= 4 is 41.2 Å². The molecule has 0 amide bonds. The standard InChI is InChI=1S/C11H10INO2S/c1-2-15-11(14)5-9-7(6-13)3-8(12)4-10(9)16/h3-4,16H,2,5H2,1H3. The molecule has 0 saturated heterocycles. The van der Waals surface area contributed by atoms with Gasteiger partial charge in [-0.3, -0.25) is 4.79 Å². The second-order valence-electron chi connectivity index (χ2n) is 3.04. The number of ether oxygens (including phenoxy) is 1. The molecule has 0 aromatic heterocycles. The zero-order chi connectivity index (χ0) is 12.1. The largest absolute Gasteiger partial charge is 0.466 e. The van der Waals surface area contributed by atoms with Gasteiger partial charge in [-0.2, -0.15) is 5.26 Å². The zero-order valence-corrected chi connectivity index (χ0v) is 11.7. The third kappa shape index (κ3) is 3.39. The monoisotopic (exact) mass is 347 g/mol. The minimum absolute atomic E-state index is 0.0898. The molecule has 0 heterocycles. The number of rotatable bonds is 3. The smallest absolute Gasteiger partial charge is 0.310 e. The summed E-state index contributed by atoms with van der Waals surface area (Å²) in [4.78, 5) is 12.0. The Balaban J connectivity index is 3.04. The van der Waals surface area contributed by atoms with Gasteiger partial charge in [0, 0.05) is 8.47 Å². The van der Waals surface area contributed by atoms with Crippen molar-refractivity contribution in [2.75, 3.05) is 6.61 Å². The topological polar surface area (TPSA) is 50.1 Å². The number of hydrogen-bond acceptors (Lipinski definition) is 4. The zero-order valence-electron chi connectivity index (χ0n) is 8.66. The summed E-state index contributed by atoms with van der Waals surface area (Å²) < 4.78 is 5.77. The molecular formula is C11H10INO2S. The molecule has 0 aliphatic heterocycles. The third-order valence-electron chi connectivity index (χ3n) is 1.94. The Kier molecular flexibility index (Phi) is 5.09. The summed E-state index contributed by atoms with van der Waals surface area (Å²) in [5, 5.41) is 8.97. The fourth-order valence-corrected chi connectivity index (χ4v) is 2.47. The highest BCUT2D eigenvalue weighted by molar-refractivity contribution is 14.1. The summed E-state index contributed by atoms with van der Waals surface area (Å²) in [7, 11) is 0. The Bertz CT molecular complexity index is 454. The van der Waals surface area contributed by atoms with Crippen LogP contribution in [-0.2, 0) is 16.0 Å². The second-order valence-corrected chi connectivity index (χ2v) is 4.77. The van der Waals surface area contributed by atoms with E-state index < -0.39 is 0 Å². The van der Waals surface area contributed by atoms with E-state index in [0.717, 1.165) is 3.57 Å². The summed E-state index contributed by atoms with van der Waals surface area (Å²) in [5.74, 6) is -0.337. The third-order valence-corrected chi connectivity index (χ3v) is 2.96. The maximum absolute atomic E-state index is 11.4. The average molecular weight is 347 g/mol. The molecular weight excluding hydrogens is 337 g/mol. The number of esters is 1. The van der Waals surface area contributed by atoms with Gasteiger partial charge in [0.1, 0.15) is 0 Å². The molecule has 0 unspecified atom stereocenters. The van der Waals surface area contributed by atoms with Crippen LogP contribution in [0, 0.1) is 14.9 Å². The molecule has 3 nitrogen and oxygen atoms in total. The van der Waals surface area contributed by atoms with E-state index in [-0.39, 0.29) is 12.4 Å². The first-order valence-electron chi connectivity index (χ1n) is 4.65. The van der Waals surface area contributed by atoms with Gasteiger partial charge in [0.15, 0.2) is 0 Å². The van der Waals surface area contributed by atoms with E-state index in [1.165, 1.54) is 0 Å². The molecule has 1 aromatic rings. The van der Waals surface area contributed by atoms with Gasteiger partial charge in [-0.05, 0) is 47.2 Å². The van der Waals surface area contributed by atoms with Crippen LogP contribution in [0.4, 0.5) is 0 Å². The van der Waals surface area contributed by atoms with E-state index in [4.69, 9.17) is 10.00 Å². The fraction of sp³-hybridized carbons (Fsp3) is 0.273. The molecule has 0 bridgehead atoms. The molecule has 84 valence electrons. The van der Waals surface area contributed by atoms with Crippen LogP contribution >= 0.6 is 35.2 Å². The van der Waals surface area contributed by atoms with Gasteiger partial charge in [0.25, 0.3) is 0 Å². The van der Waals surface area contributed by atoms with Crippen LogP contribution in [0.25, 0.3) is 0 Å². The molecule has 0 aliphatic rings. The van der Waals surface area contributed by atoms with Gasteiger partial charge in [-0.25, -0.2) is 0 Å². The van der Waals surface area contributed by atoms with Crippen LogP contribution in [0.3, 0.4) is 0 Å². The number of nitriles is 1. The Morgan fingerprint density at radius 3 is 2.88 bits per heavy atom. The molecule has 1 aromatic carbocycles. The predicted molar refractivity (Wildman–Crippen MR) is 71.5 cm³/mol. The van der Waals surface area contributed by atoms with Crippen molar-refractivity contribution in [3.8, 4) is 6.07 Å². The highest BCUT2D eigenvalue weighted by Crippen LogP contribution is 2.22. The SMILES string of the molecule is CCOC(=O)Cc1c(S)cc(I)cc1C#N. The van der Waals surface area contributed by atoms with Crippen molar-refractivity contribution in [2.24, 2.45) is 0 Å².